The Morgan fingerprint density at radius 1 is 1.47 bits per heavy atom. The minimum atomic E-state index is -1.05. The summed E-state index contributed by atoms with van der Waals surface area (Å²) in [6.45, 7) is 1.68. The Kier molecular flexibility index (Phi) is 5.25. The lowest BCUT2D eigenvalue weighted by molar-refractivity contribution is -0.131. The van der Waals surface area contributed by atoms with E-state index < -0.39 is 11.9 Å². The Hall–Kier alpha value is -2.15. The highest BCUT2D eigenvalue weighted by Crippen LogP contribution is 2.18. The quantitative estimate of drug-likeness (QED) is 0.671. The summed E-state index contributed by atoms with van der Waals surface area (Å²) in [6.07, 6.45) is 2.49. The number of amides is 2. The third-order valence-electron chi connectivity index (χ3n) is 2.13. The first-order valence-electron chi connectivity index (χ1n) is 5.48. The van der Waals surface area contributed by atoms with Crippen molar-refractivity contribution in [1.29, 1.82) is 0 Å². The molecule has 0 spiro atoms. The monoisotopic (exact) mass is 282 g/mol. The first kappa shape index (κ1) is 14.9. The van der Waals surface area contributed by atoms with Crippen LogP contribution in [-0.2, 0) is 9.59 Å². The van der Waals surface area contributed by atoms with Crippen molar-refractivity contribution in [3.8, 4) is 0 Å². The Labute approximate surface area is 113 Å². The molecule has 1 unspecified atom stereocenters. The minimum absolute atomic E-state index is 0.0723. The van der Waals surface area contributed by atoms with Gasteiger partial charge in [-0.05, 0) is 25.1 Å². The molecule has 0 bridgehead atoms. The third-order valence-corrected chi connectivity index (χ3v) is 3.17. The molecule has 4 N–H and O–H groups in total. The molecule has 1 rings (SSSR count). The Morgan fingerprint density at radius 2 is 2.16 bits per heavy atom. The van der Waals surface area contributed by atoms with Gasteiger partial charge in [0.2, 0.25) is 5.91 Å². The van der Waals surface area contributed by atoms with Crippen LogP contribution in [0.15, 0.2) is 18.2 Å². The second kappa shape index (κ2) is 6.69. The minimum Gasteiger partial charge on any atom is -0.478 e. The van der Waals surface area contributed by atoms with Crippen LogP contribution < -0.4 is 11.1 Å². The number of carboxylic acids is 1. The van der Waals surface area contributed by atoms with Gasteiger partial charge in [-0.15, -0.1) is 11.3 Å². The van der Waals surface area contributed by atoms with E-state index in [1.165, 1.54) is 17.4 Å². The van der Waals surface area contributed by atoms with Gasteiger partial charge in [0.1, 0.15) is 0 Å². The topological polar surface area (TPSA) is 109 Å². The van der Waals surface area contributed by atoms with E-state index in [0.717, 1.165) is 6.08 Å². The van der Waals surface area contributed by atoms with Gasteiger partial charge in [0, 0.05) is 23.4 Å². The molecule has 102 valence electrons. The van der Waals surface area contributed by atoms with Crippen LogP contribution in [0.1, 0.15) is 27.9 Å². The van der Waals surface area contributed by atoms with E-state index in [1.807, 2.05) is 0 Å². The maximum atomic E-state index is 11.8. The number of primary amides is 1. The SMILES string of the molecule is CC(CC(N)=O)NC(=O)c1ccc(/C=C/C(=O)O)s1. The first-order chi connectivity index (χ1) is 8.88. The number of nitrogens with one attached hydrogen (secondary N) is 1. The van der Waals surface area contributed by atoms with Gasteiger partial charge >= 0.3 is 5.97 Å². The lowest BCUT2D eigenvalue weighted by Crippen LogP contribution is -2.35. The van der Waals surface area contributed by atoms with E-state index in [9.17, 15) is 14.4 Å². The van der Waals surface area contributed by atoms with Crippen molar-refractivity contribution >= 4 is 35.2 Å². The molecule has 1 atom stereocenters. The first-order valence-corrected chi connectivity index (χ1v) is 6.30. The molecule has 0 aliphatic heterocycles. The number of rotatable bonds is 6. The summed E-state index contributed by atoms with van der Waals surface area (Å²) >= 11 is 1.17. The van der Waals surface area contributed by atoms with E-state index in [4.69, 9.17) is 10.8 Å². The van der Waals surface area contributed by atoms with Crippen molar-refractivity contribution in [1.82, 2.24) is 5.32 Å². The Bertz CT molecular complexity index is 522. The van der Waals surface area contributed by atoms with Crippen LogP contribution in [0, 0.1) is 0 Å². The van der Waals surface area contributed by atoms with Crippen LogP contribution in [0.5, 0.6) is 0 Å². The lowest BCUT2D eigenvalue weighted by atomic mass is 10.2. The predicted octanol–water partition coefficient (Wildman–Crippen LogP) is 0.840. The smallest absolute Gasteiger partial charge is 0.328 e. The maximum Gasteiger partial charge on any atom is 0.328 e. The number of carboxylic acid groups (broad SMARTS) is 1. The van der Waals surface area contributed by atoms with E-state index in [-0.39, 0.29) is 18.4 Å². The molecule has 0 saturated carbocycles. The molecular weight excluding hydrogens is 268 g/mol. The van der Waals surface area contributed by atoms with Gasteiger partial charge in [-0.25, -0.2) is 4.79 Å². The Balaban J connectivity index is 2.63. The van der Waals surface area contributed by atoms with Gasteiger partial charge < -0.3 is 16.2 Å². The summed E-state index contributed by atoms with van der Waals surface area (Å²) in [7, 11) is 0. The van der Waals surface area contributed by atoms with Crippen molar-refractivity contribution in [3.63, 3.8) is 0 Å². The van der Waals surface area contributed by atoms with E-state index in [2.05, 4.69) is 5.32 Å². The largest absolute Gasteiger partial charge is 0.478 e. The second-order valence-electron chi connectivity index (χ2n) is 3.92. The molecule has 19 heavy (non-hydrogen) atoms. The van der Waals surface area contributed by atoms with Gasteiger partial charge in [0.25, 0.3) is 5.91 Å². The highest BCUT2D eigenvalue weighted by molar-refractivity contribution is 7.14. The standard InChI is InChI=1S/C12H14N2O4S/c1-7(6-10(13)15)14-12(18)9-4-2-8(19-9)3-5-11(16)17/h2-5,7H,6H2,1H3,(H2,13,15)(H,14,18)(H,16,17)/b5-3+. The number of nitrogens with two attached hydrogens (primary N) is 1. The van der Waals surface area contributed by atoms with E-state index >= 15 is 0 Å². The summed E-state index contributed by atoms with van der Waals surface area (Å²) < 4.78 is 0. The molecule has 0 aliphatic carbocycles. The molecule has 1 heterocycles. The summed E-state index contributed by atoms with van der Waals surface area (Å²) in [5.41, 5.74) is 5.03. The van der Waals surface area contributed by atoms with Crippen molar-refractivity contribution in [2.24, 2.45) is 5.73 Å². The average molecular weight is 282 g/mol. The average Bonchev–Trinajstić information content (AvgIpc) is 2.73. The highest BCUT2D eigenvalue weighted by atomic mass is 32.1. The van der Waals surface area contributed by atoms with Crippen molar-refractivity contribution < 1.29 is 19.5 Å². The van der Waals surface area contributed by atoms with E-state index in [0.29, 0.717) is 9.75 Å². The van der Waals surface area contributed by atoms with Crippen molar-refractivity contribution in [2.45, 2.75) is 19.4 Å². The maximum absolute atomic E-state index is 11.8. The zero-order valence-corrected chi connectivity index (χ0v) is 11.1. The summed E-state index contributed by atoms with van der Waals surface area (Å²) in [4.78, 5) is 33.9. The lowest BCUT2D eigenvalue weighted by Gasteiger charge is -2.10. The van der Waals surface area contributed by atoms with Gasteiger partial charge in [-0.3, -0.25) is 9.59 Å². The predicted molar refractivity (Wildman–Crippen MR) is 71.7 cm³/mol. The van der Waals surface area contributed by atoms with Crippen LogP contribution in [0.25, 0.3) is 6.08 Å². The summed E-state index contributed by atoms with van der Waals surface area (Å²) in [5, 5.41) is 11.1. The third kappa shape index (κ3) is 5.35. The number of aliphatic carboxylic acids is 1. The Morgan fingerprint density at radius 3 is 2.74 bits per heavy atom. The van der Waals surface area contributed by atoms with Crippen molar-refractivity contribution in [2.75, 3.05) is 0 Å². The molecule has 6 nitrogen and oxygen atoms in total. The number of thiophene rings is 1. The highest BCUT2D eigenvalue weighted by Gasteiger charge is 2.13. The van der Waals surface area contributed by atoms with Crippen molar-refractivity contribution in [3.05, 3.63) is 28.0 Å². The normalized spacial score (nSPS) is 12.3. The molecule has 0 fully saturated rings. The van der Waals surface area contributed by atoms with Gasteiger partial charge in [-0.1, -0.05) is 0 Å². The molecule has 7 heteroatoms. The van der Waals surface area contributed by atoms with Crippen LogP contribution in [0.2, 0.25) is 0 Å². The zero-order chi connectivity index (χ0) is 14.4. The molecule has 0 aromatic carbocycles. The van der Waals surface area contributed by atoms with Gasteiger partial charge in [0.15, 0.2) is 0 Å². The van der Waals surface area contributed by atoms with Crippen LogP contribution in [0.3, 0.4) is 0 Å². The van der Waals surface area contributed by atoms with Gasteiger partial charge in [0.05, 0.1) is 4.88 Å². The second-order valence-corrected chi connectivity index (χ2v) is 5.03. The summed E-state index contributed by atoms with van der Waals surface area (Å²) in [5.74, 6) is -1.84. The molecule has 0 saturated heterocycles. The molecule has 0 radical (unpaired) electrons. The molecule has 1 aromatic heterocycles. The summed E-state index contributed by atoms with van der Waals surface area (Å²) in [6, 6.07) is 2.90. The number of hydrogen-bond acceptors (Lipinski definition) is 4. The molecule has 1 aromatic rings. The fraction of sp³-hybridized carbons (Fsp3) is 0.250. The fourth-order valence-electron chi connectivity index (χ4n) is 1.37. The zero-order valence-electron chi connectivity index (χ0n) is 10.3. The molecule has 0 aliphatic rings. The molecule has 2 amide bonds. The van der Waals surface area contributed by atoms with Crippen LogP contribution >= 0.6 is 11.3 Å². The number of hydrogen-bond donors (Lipinski definition) is 3. The molecular formula is C12H14N2O4S. The van der Waals surface area contributed by atoms with E-state index in [1.54, 1.807) is 19.1 Å². The van der Waals surface area contributed by atoms with Crippen LogP contribution in [0.4, 0.5) is 0 Å². The van der Waals surface area contributed by atoms with Gasteiger partial charge in [-0.2, -0.15) is 0 Å². The number of carbonyl (C=O) groups excluding carboxylic acids is 2. The fourth-order valence-corrected chi connectivity index (χ4v) is 2.18. The number of carbonyl (C=O) groups is 3. The van der Waals surface area contributed by atoms with Crippen LogP contribution in [-0.4, -0.2) is 28.9 Å².